The molecule has 0 saturated heterocycles. The first-order chi connectivity index (χ1) is 9.74. The molecule has 0 saturated carbocycles. The number of rotatable bonds is 3. The van der Waals surface area contributed by atoms with E-state index in [9.17, 15) is 4.39 Å². The molecule has 0 amide bonds. The van der Waals surface area contributed by atoms with Gasteiger partial charge >= 0.3 is 0 Å². The highest BCUT2D eigenvalue weighted by Gasteiger charge is 2.11. The molecule has 1 heterocycles. The molecule has 1 aromatic heterocycles. The van der Waals surface area contributed by atoms with Crippen molar-refractivity contribution in [1.82, 2.24) is 15.2 Å². The highest BCUT2D eigenvalue weighted by molar-refractivity contribution is 5.74. The van der Waals surface area contributed by atoms with Crippen LogP contribution in [0.4, 0.5) is 10.3 Å². The van der Waals surface area contributed by atoms with Crippen LogP contribution in [0.2, 0.25) is 0 Å². The van der Waals surface area contributed by atoms with Gasteiger partial charge in [0.05, 0.1) is 11.6 Å². The zero-order valence-corrected chi connectivity index (χ0v) is 10.9. The van der Waals surface area contributed by atoms with E-state index in [1.54, 1.807) is 18.2 Å². The molecular formula is C15H13FN4. The summed E-state index contributed by atoms with van der Waals surface area (Å²) in [6.07, 6.45) is 0. The number of anilines is 1. The van der Waals surface area contributed by atoms with Gasteiger partial charge < -0.3 is 5.32 Å². The summed E-state index contributed by atoms with van der Waals surface area (Å²) in [5.41, 5.74) is 2.06. The Morgan fingerprint density at radius 1 is 0.950 bits per heavy atom. The topological polar surface area (TPSA) is 50.7 Å². The Labute approximate surface area is 115 Å². The van der Waals surface area contributed by atoms with E-state index < -0.39 is 0 Å². The van der Waals surface area contributed by atoms with E-state index in [1.807, 2.05) is 31.2 Å². The van der Waals surface area contributed by atoms with Crippen molar-refractivity contribution in [3.63, 3.8) is 0 Å². The fourth-order valence-corrected chi connectivity index (χ4v) is 2.04. The van der Waals surface area contributed by atoms with Crippen LogP contribution < -0.4 is 5.32 Å². The van der Waals surface area contributed by atoms with E-state index in [1.165, 1.54) is 6.07 Å². The Bertz CT molecular complexity index is 745. The second-order valence-corrected chi connectivity index (χ2v) is 4.51. The molecule has 0 spiro atoms. The molecule has 1 N–H and O–H groups in total. The third kappa shape index (κ3) is 2.42. The van der Waals surface area contributed by atoms with Gasteiger partial charge in [0.2, 0.25) is 5.95 Å². The molecule has 4 nitrogen and oxygen atoms in total. The molecule has 0 aliphatic carbocycles. The number of nitrogens with one attached hydrogen (secondary N) is 1. The van der Waals surface area contributed by atoms with Crippen molar-refractivity contribution in [2.75, 3.05) is 5.32 Å². The number of benzene rings is 2. The van der Waals surface area contributed by atoms with Crippen molar-refractivity contribution < 1.29 is 4.39 Å². The fourth-order valence-electron chi connectivity index (χ4n) is 2.04. The van der Waals surface area contributed by atoms with Crippen LogP contribution in [0.3, 0.4) is 0 Å². The summed E-state index contributed by atoms with van der Waals surface area (Å²) in [7, 11) is 0. The lowest BCUT2D eigenvalue weighted by Gasteiger charge is -2.14. The molecule has 1 unspecified atom stereocenters. The van der Waals surface area contributed by atoms with E-state index in [2.05, 4.69) is 20.5 Å². The summed E-state index contributed by atoms with van der Waals surface area (Å²) >= 11 is 0. The van der Waals surface area contributed by atoms with Crippen LogP contribution in [0.1, 0.15) is 18.5 Å². The van der Waals surface area contributed by atoms with Crippen molar-refractivity contribution in [1.29, 1.82) is 0 Å². The van der Waals surface area contributed by atoms with Crippen LogP contribution in [0, 0.1) is 5.82 Å². The molecular weight excluding hydrogens is 255 g/mol. The van der Waals surface area contributed by atoms with Gasteiger partial charge in [0, 0.05) is 5.56 Å². The fraction of sp³-hybridized carbons (Fsp3) is 0.133. The first-order valence-electron chi connectivity index (χ1n) is 6.34. The highest BCUT2D eigenvalue weighted by atomic mass is 19.1. The third-order valence-corrected chi connectivity index (χ3v) is 3.08. The van der Waals surface area contributed by atoms with Crippen LogP contribution in [0.25, 0.3) is 11.0 Å². The Balaban J connectivity index is 1.87. The van der Waals surface area contributed by atoms with Gasteiger partial charge in [0.25, 0.3) is 0 Å². The summed E-state index contributed by atoms with van der Waals surface area (Å²) < 4.78 is 13.7. The summed E-state index contributed by atoms with van der Waals surface area (Å²) in [6.45, 7) is 1.86. The van der Waals surface area contributed by atoms with Crippen LogP contribution in [-0.2, 0) is 0 Å². The van der Waals surface area contributed by atoms with Gasteiger partial charge in [-0.1, -0.05) is 30.3 Å². The second-order valence-electron chi connectivity index (χ2n) is 4.51. The Morgan fingerprint density at radius 3 is 2.45 bits per heavy atom. The zero-order chi connectivity index (χ0) is 13.9. The number of halogens is 1. The number of para-hydroxylation sites is 1. The van der Waals surface area contributed by atoms with Gasteiger partial charge in [-0.2, -0.15) is 0 Å². The largest absolute Gasteiger partial charge is 0.346 e. The van der Waals surface area contributed by atoms with Crippen molar-refractivity contribution in [3.8, 4) is 0 Å². The number of nitrogens with zero attached hydrogens (tertiary/aromatic N) is 3. The smallest absolute Gasteiger partial charge is 0.243 e. The van der Waals surface area contributed by atoms with Crippen molar-refractivity contribution in [2.45, 2.75) is 13.0 Å². The molecule has 100 valence electrons. The number of hydrogen-bond acceptors (Lipinski definition) is 4. The molecule has 3 aromatic rings. The molecule has 0 aliphatic rings. The van der Waals surface area contributed by atoms with Gasteiger partial charge in [-0.3, -0.25) is 0 Å². The molecule has 0 fully saturated rings. The molecule has 2 aromatic carbocycles. The Kier molecular flexibility index (Phi) is 3.25. The SMILES string of the molecule is CC(Nc1nnc2ccccc2n1)c1ccccc1F. The lowest BCUT2D eigenvalue weighted by Crippen LogP contribution is -2.11. The Morgan fingerprint density at radius 2 is 1.65 bits per heavy atom. The number of aromatic nitrogens is 3. The maximum Gasteiger partial charge on any atom is 0.243 e. The standard InChI is InChI=1S/C15H13FN4/c1-10(11-6-2-3-7-12(11)16)17-15-18-13-8-4-5-9-14(13)19-20-15/h2-10H,1H3,(H,17,18,20). The average molecular weight is 268 g/mol. The van der Waals surface area contributed by atoms with E-state index >= 15 is 0 Å². The number of fused-ring (bicyclic) bond motifs is 1. The maximum atomic E-state index is 13.7. The van der Waals surface area contributed by atoms with E-state index in [-0.39, 0.29) is 11.9 Å². The summed E-state index contributed by atoms with van der Waals surface area (Å²) in [6, 6.07) is 13.9. The van der Waals surface area contributed by atoms with Gasteiger partial charge in [0.15, 0.2) is 0 Å². The minimum absolute atomic E-state index is 0.237. The third-order valence-electron chi connectivity index (χ3n) is 3.08. The highest BCUT2D eigenvalue weighted by Crippen LogP contribution is 2.20. The first-order valence-corrected chi connectivity index (χ1v) is 6.34. The van der Waals surface area contributed by atoms with Gasteiger partial charge in [0.1, 0.15) is 11.3 Å². The maximum absolute atomic E-state index is 13.7. The van der Waals surface area contributed by atoms with E-state index in [0.29, 0.717) is 11.5 Å². The number of hydrogen-bond donors (Lipinski definition) is 1. The monoisotopic (exact) mass is 268 g/mol. The molecule has 1 atom stereocenters. The molecule has 0 bridgehead atoms. The second kappa shape index (κ2) is 5.21. The van der Waals surface area contributed by atoms with Crippen LogP contribution in [0.15, 0.2) is 48.5 Å². The molecule has 3 rings (SSSR count). The zero-order valence-electron chi connectivity index (χ0n) is 10.9. The Hall–Kier alpha value is -2.56. The summed E-state index contributed by atoms with van der Waals surface area (Å²) in [5, 5.41) is 11.2. The molecule has 0 radical (unpaired) electrons. The normalized spacial score (nSPS) is 12.3. The van der Waals surface area contributed by atoms with E-state index in [4.69, 9.17) is 0 Å². The summed E-state index contributed by atoms with van der Waals surface area (Å²) in [4.78, 5) is 4.36. The minimum Gasteiger partial charge on any atom is -0.346 e. The van der Waals surface area contributed by atoms with Gasteiger partial charge in [-0.05, 0) is 25.1 Å². The van der Waals surface area contributed by atoms with Crippen molar-refractivity contribution in [3.05, 3.63) is 59.9 Å². The lowest BCUT2D eigenvalue weighted by atomic mass is 10.1. The van der Waals surface area contributed by atoms with Gasteiger partial charge in [-0.25, -0.2) is 9.37 Å². The van der Waals surface area contributed by atoms with E-state index in [0.717, 1.165) is 11.0 Å². The first kappa shape index (κ1) is 12.5. The molecule has 5 heteroatoms. The molecule has 20 heavy (non-hydrogen) atoms. The predicted octanol–water partition coefficient (Wildman–Crippen LogP) is 3.34. The predicted molar refractivity (Wildman–Crippen MR) is 75.8 cm³/mol. The summed E-state index contributed by atoms with van der Waals surface area (Å²) in [5.74, 6) is 0.140. The van der Waals surface area contributed by atoms with Crippen molar-refractivity contribution in [2.24, 2.45) is 0 Å². The average Bonchev–Trinajstić information content (AvgIpc) is 2.47. The van der Waals surface area contributed by atoms with Gasteiger partial charge in [-0.15, -0.1) is 10.2 Å². The van der Waals surface area contributed by atoms with Crippen LogP contribution in [0.5, 0.6) is 0 Å². The quantitative estimate of drug-likeness (QED) is 0.791. The van der Waals surface area contributed by atoms with Crippen molar-refractivity contribution >= 4 is 17.0 Å². The lowest BCUT2D eigenvalue weighted by molar-refractivity contribution is 0.599. The molecule has 0 aliphatic heterocycles. The van der Waals surface area contributed by atoms with Crippen LogP contribution in [-0.4, -0.2) is 15.2 Å². The van der Waals surface area contributed by atoms with Crippen LogP contribution >= 0.6 is 0 Å². The minimum atomic E-state index is -0.249.